The third kappa shape index (κ3) is 1.88. The minimum atomic E-state index is -0.328. The van der Waals surface area contributed by atoms with Crippen molar-refractivity contribution >= 4 is 5.91 Å². The first kappa shape index (κ1) is 11.6. The molecule has 2 aliphatic carbocycles. The fourth-order valence-corrected chi connectivity index (χ4v) is 2.71. The summed E-state index contributed by atoms with van der Waals surface area (Å²) in [4.78, 5) is 14.5. The molecule has 1 amide bonds. The first-order chi connectivity index (χ1) is 7.59. The molecule has 0 bridgehead atoms. The number of carbonyl (C=O) groups is 1. The Morgan fingerprint density at radius 1 is 1.56 bits per heavy atom. The van der Waals surface area contributed by atoms with Crippen LogP contribution in [-0.4, -0.2) is 29.4 Å². The third-order valence-electron chi connectivity index (χ3n) is 4.09. The van der Waals surface area contributed by atoms with Crippen molar-refractivity contribution in [3.05, 3.63) is 12.7 Å². The normalized spacial score (nSPS) is 33.8. The van der Waals surface area contributed by atoms with Crippen LogP contribution in [-0.2, 0) is 4.79 Å². The molecule has 0 spiro atoms. The van der Waals surface area contributed by atoms with Gasteiger partial charge in [0.05, 0.1) is 5.41 Å². The standard InChI is InChI=1S/C13H22N2O/c1-3-9-15(10-6-7-10)12(16)13(2)8-4-5-11(13)14/h3,10-11H,1,4-9,14H2,2H3. The van der Waals surface area contributed by atoms with E-state index in [-0.39, 0.29) is 17.4 Å². The van der Waals surface area contributed by atoms with Crippen LogP contribution in [0.25, 0.3) is 0 Å². The highest BCUT2D eigenvalue weighted by atomic mass is 16.2. The maximum atomic E-state index is 12.5. The number of hydrogen-bond acceptors (Lipinski definition) is 2. The summed E-state index contributed by atoms with van der Waals surface area (Å²) in [5.41, 5.74) is 5.77. The lowest BCUT2D eigenvalue weighted by atomic mass is 9.83. The predicted molar refractivity (Wildman–Crippen MR) is 64.9 cm³/mol. The van der Waals surface area contributed by atoms with Crippen molar-refractivity contribution in [3.8, 4) is 0 Å². The third-order valence-corrected chi connectivity index (χ3v) is 4.09. The van der Waals surface area contributed by atoms with E-state index >= 15 is 0 Å². The van der Waals surface area contributed by atoms with Crippen LogP contribution in [0.1, 0.15) is 39.0 Å². The van der Waals surface area contributed by atoms with E-state index < -0.39 is 0 Å². The number of carbonyl (C=O) groups excluding carboxylic acids is 1. The van der Waals surface area contributed by atoms with Gasteiger partial charge in [-0.2, -0.15) is 0 Å². The van der Waals surface area contributed by atoms with Gasteiger partial charge in [0.25, 0.3) is 0 Å². The van der Waals surface area contributed by atoms with E-state index in [2.05, 4.69) is 6.58 Å². The summed E-state index contributed by atoms with van der Waals surface area (Å²) in [6, 6.07) is 0.487. The van der Waals surface area contributed by atoms with E-state index in [1.807, 2.05) is 17.9 Å². The van der Waals surface area contributed by atoms with Gasteiger partial charge in [0, 0.05) is 18.6 Å². The van der Waals surface area contributed by atoms with Gasteiger partial charge in [-0.25, -0.2) is 0 Å². The van der Waals surface area contributed by atoms with E-state index in [1.165, 1.54) is 0 Å². The fraction of sp³-hybridized carbons (Fsp3) is 0.769. The molecule has 0 radical (unpaired) electrons. The van der Waals surface area contributed by atoms with Crippen molar-refractivity contribution in [2.75, 3.05) is 6.54 Å². The summed E-state index contributed by atoms with van der Waals surface area (Å²) >= 11 is 0. The molecule has 0 aromatic heterocycles. The molecule has 16 heavy (non-hydrogen) atoms. The Hall–Kier alpha value is -0.830. The van der Waals surface area contributed by atoms with E-state index in [4.69, 9.17) is 5.73 Å². The Kier molecular flexibility index (Phi) is 3.06. The molecule has 0 heterocycles. The number of hydrogen-bond donors (Lipinski definition) is 1. The topological polar surface area (TPSA) is 46.3 Å². The number of nitrogens with two attached hydrogens (primary N) is 1. The van der Waals surface area contributed by atoms with Crippen molar-refractivity contribution in [2.24, 2.45) is 11.1 Å². The second-order valence-electron chi connectivity index (χ2n) is 5.39. The molecule has 0 aromatic carbocycles. The average Bonchev–Trinajstić information content (AvgIpc) is 3.03. The first-order valence-electron chi connectivity index (χ1n) is 6.27. The fourth-order valence-electron chi connectivity index (χ4n) is 2.71. The maximum Gasteiger partial charge on any atom is 0.230 e. The van der Waals surface area contributed by atoms with Crippen molar-refractivity contribution in [2.45, 2.75) is 51.1 Å². The first-order valence-corrected chi connectivity index (χ1v) is 6.27. The monoisotopic (exact) mass is 222 g/mol. The van der Waals surface area contributed by atoms with Crippen LogP contribution >= 0.6 is 0 Å². The Labute approximate surface area is 97.7 Å². The summed E-state index contributed by atoms with van der Waals surface area (Å²) in [6.45, 7) is 6.44. The zero-order valence-corrected chi connectivity index (χ0v) is 10.1. The van der Waals surface area contributed by atoms with E-state index in [0.717, 1.165) is 32.1 Å². The molecule has 0 saturated heterocycles. The van der Waals surface area contributed by atoms with Crippen LogP contribution in [0.5, 0.6) is 0 Å². The number of amides is 1. The molecule has 2 saturated carbocycles. The van der Waals surface area contributed by atoms with Gasteiger partial charge in [0.2, 0.25) is 5.91 Å². The van der Waals surface area contributed by atoms with Crippen LogP contribution in [0.15, 0.2) is 12.7 Å². The van der Waals surface area contributed by atoms with Crippen molar-refractivity contribution in [1.82, 2.24) is 4.90 Å². The van der Waals surface area contributed by atoms with Crippen molar-refractivity contribution in [3.63, 3.8) is 0 Å². The minimum Gasteiger partial charge on any atom is -0.335 e. The summed E-state index contributed by atoms with van der Waals surface area (Å²) in [5.74, 6) is 0.250. The predicted octanol–water partition coefficient (Wildman–Crippen LogP) is 1.68. The van der Waals surface area contributed by atoms with Crippen LogP contribution in [0.3, 0.4) is 0 Å². The van der Waals surface area contributed by atoms with Crippen molar-refractivity contribution < 1.29 is 4.79 Å². The van der Waals surface area contributed by atoms with Crippen LogP contribution in [0.4, 0.5) is 0 Å². The van der Waals surface area contributed by atoms with Gasteiger partial charge in [-0.15, -0.1) is 6.58 Å². The Bertz CT molecular complexity index is 298. The molecule has 2 aliphatic rings. The van der Waals surface area contributed by atoms with Gasteiger partial charge in [-0.1, -0.05) is 12.5 Å². The van der Waals surface area contributed by atoms with Gasteiger partial charge in [0.1, 0.15) is 0 Å². The maximum absolute atomic E-state index is 12.5. The molecule has 0 aliphatic heterocycles. The molecule has 2 N–H and O–H groups in total. The second kappa shape index (κ2) is 4.21. The number of nitrogens with zero attached hydrogens (tertiary/aromatic N) is 1. The van der Waals surface area contributed by atoms with E-state index in [9.17, 15) is 4.79 Å². The largest absolute Gasteiger partial charge is 0.335 e. The SMILES string of the molecule is C=CCN(C(=O)C1(C)CCCC1N)C1CC1. The lowest BCUT2D eigenvalue weighted by Gasteiger charge is -2.34. The highest BCUT2D eigenvalue weighted by Crippen LogP contribution is 2.40. The minimum absolute atomic E-state index is 0.0334. The Morgan fingerprint density at radius 2 is 2.25 bits per heavy atom. The molecule has 3 nitrogen and oxygen atoms in total. The van der Waals surface area contributed by atoms with Gasteiger partial charge < -0.3 is 10.6 Å². The zero-order valence-electron chi connectivity index (χ0n) is 10.1. The average molecular weight is 222 g/mol. The van der Waals surface area contributed by atoms with Crippen LogP contribution < -0.4 is 5.73 Å². The molecular formula is C13H22N2O. The smallest absolute Gasteiger partial charge is 0.230 e. The van der Waals surface area contributed by atoms with Crippen LogP contribution in [0.2, 0.25) is 0 Å². The van der Waals surface area contributed by atoms with Crippen molar-refractivity contribution in [1.29, 1.82) is 0 Å². The molecule has 2 atom stereocenters. The summed E-state index contributed by atoms with van der Waals surface area (Å²) in [7, 11) is 0. The van der Waals surface area contributed by atoms with Gasteiger partial charge in [-0.3, -0.25) is 4.79 Å². The summed E-state index contributed by atoms with van der Waals surface area (Å²) < 4.78 is 0. The molecule has 0 aromatic rings. The lowest BCUT2D eigenvalue weighted by Crippen LogP contribution is -2.50. The summed E-state index contributed by atoms with van der Waals surface area (Å²) in [6.07, 6.45) is 7.11. The second-order valence-corrected chi connectivity index (χ2v) is 5.39. The highest BCUT2D eigenvalue weighted by molar-refractivity contribution is 5.84. The van der Waals surface area contributed by atoms with E-state index in [0.29, 0.717) is 12.6 Å². The Balaban J connectivity index is 2.11. The van der Waals surface area contributed by atoms with Gasteiger partial charge in [-0.05, 0) is 32.6 Å². The zero-order chi connectivity index (χ0) is 11.8. The molecule has 3 heteroatoms. The van der Waals surface area contributed by atoms with Gasteiger partial charge in [0.15, 0.2) is 0 Å². The Morgan fingerprint density at radius 3 is 2.69 bits per heavy atom. The quantitative estimate of drug-likeness (QED) is 0.736. The number of rotatable bonds is 4. The molecular weight excluding hydrogens is 200 g/mol. The molecule has 2 fully saturated rings. The molecule has 2 unspecified atom stereocenters. The summed E-state index contributed by atoms with van der Waals surface area (Å²) in [5, 5.41) is 0. The molecule has 90 valence electrons. The lowest BCUT2D eigenvalue weighted by molar-refractivity contribution is -0.141. The highest BCUT2D eigenvalue weighted by Gasteiger charge is 2.47. The molecule has 2 rings (SSSR count). The van der Waals surface area contributed by atoms with Crippen LogP contribution in [0, 0.1) is 5.41 Å². The van der Waals surface area contributed by atoms with E-state index in [1.54, 1.807) is 0 Å². The van der Waals surface area contributed by atoms with Gasteiger partial charge >= 0.3 is 0 Å².